The van der Waals surface area contributed by atoms with E-state index in [1.807, 2.05) is 6.20 Å². The first-order chi connectivity index (χ1) is 14.7. The molecule has 0 aromatic carbocycles. The first-order valence-electron chi connectivity index (χ1n) is 11.3. The molecule has 0 amide bonds. The van der Waals surface area contributed by atoms with Crippen LogP contribution in [0.4, 0.5) is 5.82 Å². The van der Waals surface area contributed by atoms with Gasteiger partial charge >= 0.3 is 0 Å². The third-order valence-corrected chi connectivity index (χ3v) is 5.49. The number of hydrogen-bond acceptors (Lipinski definition) is 6. The summed E-state index contributed by atoms with van der Waals surface area (Å²) in [6, 6.07) is 4.24. The molecule has 1 aromatic heterocycles. The summed E-state index contributed by atoms with van der Waals surface area (Å²) < 4.78 is 11.3. The summed E-state index contributed by atoms with van der Waals surface area (Å²) in [4.78, 5) is 14.0. The van der Waals surface area contributed by atoms with E-state index in [2.05, 4.69) is 56.5 Å². The molecule has 8 nitrogen and oxygen atoms in total. The van der Waals surface area contributed by atoms with Crippen LogP contribution < -0.4 is 15.5 Å². The van der Waals surface area contributed by atoms with Crippen LogP contribution in [0.1, 0.15) is 31.7 Å². The number of aliphatic imine (C=N–C) groups is 1. The minimum Gasteiger partial charge on any atom is -0.379 e. The van der Waals surface area contributed by atoms with Gasteiger partial charge in [-0.3, -0.25) is 0 Å². The Kier molecular flexibility index (Phi) is 9.66. The maximum absolute atomic E-state index is 5.72. The van der Waals surface area contributed by atoms with Gasteiger partial charge in [0.25, 0.3) is 0 Å². The van der Waals surface area contributed by atoms with Crippen molar-refractivity contribution < 1.29 is 9.47 Å². The van der Waals surface area contributed by atoms with Crippen LogP contribution in [0.25, 0.3) is 0 Å². The molecule has 1 aromatic rings. The Balaban J connectivity index is 1.36. The topological polar surface area (TPSA) is 74.3 Å². The van der Waals surface area contributed by atoms with E-state index in [4.69, 9.17) is 9.47 Å². The number of nitrogens with zero attached hydrogens (tertiary/aromatic N) is 4. The maximum atomic E-state index is 5.72. The highest BCUT2D eigenvalue weighted by Gasteiger charge is 2.15. The lowest BCUT2D eigenvalue weighted by atomic mass is 10.2. The van der Waals surface area contributed by atoms with Crippen molar-refractivity contribution in [2.24, 2.45) is 4.99 Å². The third kappa shape index (κ3) is 7.74. The smallest absolute Gasteiger partial charge is 0.191 e. The fraction of sp³-hybridized carbons (Fsp3) is 0.727. The number of piperazine rings is 1. The molecule has 0 radical (unpaired) electrons. The Labute approximate surface area is 181 Å². The predicted octanol–water partition coefficient (Wildman–Crippen LogP) is 1.47. The standard InChI is InChI=1S/C22H38N6O2/c1-3-23-22(24-9-5-14-29-18-20-6-4-15-30-20)26-17-19-7-8-21(25-16-19)28-12-10-27(2)11-13-28/h7-8,16,20H,3-6,9-15,17-18H2,1-2H3,(H2,23,24,26). The Bertz CT molecular complexity index is 625. The van der Waals surface area contributed by atoms with Gasteiger partial charge in [0.15, 0.2) is 5.96 Å². The molecule has 1 unspecified atom stereocenters. The van der Waals surface area contributed by atoms with Gasteiger partial charge in [-0.15, -0.1) is 0 Å². The van der Waals surface area contributed by atoms with Gasteiger partial charge < -0.3 is 29.9 Å². The van der Waals surface area contributed by atoms with Gasteiger partial charge in [0, 0.05) is 58.7 Å². The summed E-state index contributed by atoms with van der Waals surface area (Å²) in [5.41, 5.74) is 1.12. The van der Waals surface area contributed by atoms with E-state index in [1.165, 1.54) is 0 Å². The molecule has 2 fully saturated rings. The number of pyridine rings is 1. The maximum Gasteiger partial charge on any atom is 0.191 e. The predicted molar refractivity (Wildman–Crippen MR) is 121 cm³/mol. The van der Waals surface area contributed by atoms with Crippen molar-refractivity contribution in [3.8, 4) is 0 Å². The third-order valence-electron chi connectivity index (χ3n) is 5.49. The SMILES string of the molecule is CCNC(=NCc1ccc(N2CCN(C)CC2)nc1)NCCCOCC1CCCO1. The number of nitrogens with one attached hydrogen (secondary N) is 2. The molecule has 1 atom stereocenters. The number of likely N-dealkylation sites (N-methyl/N-ethyl adjacent to an activating group) is 1. The van der Waals surface area contributed by atoms with E-state index < -0.39 is 0 Å². The van der Waals surface area contributed by atoms with Crippen LogP contribution in [0.15, 0.2) is 23.3 Å². The average molecular weight is 419 g/mol. The van der Waals surface area contributed by atoms with Crippen LogP contribution in [0.5, 0.6) is 0 Å². The van der Waals surface area contributed by atoms with E-state index >= 15 is 0 Å². The Hall–Kier alpha value is -1.90. The second-order valence-electron chi connectivity index (χ2n) is 8.00. The monoisotopic (exact) mass is 418 g/mol. The lowest BCUT2D eigenvalue weighted by Crippen LogP contribution is -2.44. The molecule has 3 heterocycles. The molecule has 30 heavy (non-hydrogen) atoms. The highest BCUT2D eigenvalue weighted by Crippen LogP contribution is 2.14. The zero-order valence-electron chi connectivity index (χ0n) is 18.6. The number of ether oxygens (including phenoxy) is 2. The number of guanidine groups is 1. The first-order valence-corrected chi connectivity index (χ1v) is 11.3. The number of aromatic nitrogens is 1. The van der Waals surface area contributed by atoms with Crippen molar-refractivity contribution in [3.63, 3.8) is 0 Å². The zero-order valence-corrected chi connectivity index (χ0v) is 18.6. The van der Waals surface area contributed by atoms with Gasteiger partial charge in [0.1, 0.15) is 5.82 Å². The molecule has 2 saturated heterocycles. The molecule has 3 rings (SSSR count). The van der Waals surface area contributed by atoms with Gasteiger partial charge in [-0.05, 0) is 44.9 Å². The Morgan fingerprint density at radius 2 is 2.13 bits per heavy atom. The van der Waals surface area contributed by atoms with Gasteiger partial charge in [0.05, 0.1) is 19.3 Å². The van der Waals surface area contributed by atoms with Crippen molar-refractivity contribution in [3.05, 3.63) is 23.9 Å². The van der Waals surface area contributed by atoms with Crippen molar-refractivity contribution in [2.45, 2.75) is 38.8 Å². The van der Waals surface area contributed by atoms with Crippen LogP contribution in [0.3, 0.4) is 0 Å². The molecule has 0 bridgehead atoms. The largest absolute Gasteiger partial charge is 0.379 e. The lowest BCUT2D eigenvalue weighted by Gasteiger charge is -2.33. The molecular formula is C22H38N6O2. The van der Waals surface area contributed by atoms with E-state index in [-0.39, 0.29) is 0 Å². The molecule has 8 heteroatoms. The molecule has 2 aliphatic rings. The van der Waals surface area contributed by atoms with Crippen LogP contribution >= 0.6 is 0 Å². The second-order valence-corrected chi connectivity index (χ2v) is 8.00. The molecule has 0 saturated carbocycles. The normalized spacial score (nSPS) is 20.5. The second kappa shape index (κ2) is 12.7. The Morgan fingerprint density at radius 3 is 2.83 bits per heavy atom. The van der Waals surface area contributed by atoms with Crippen LogP contribution in [-0.4, -0.2) is 88.1 Å². The van der Waals surface area contributed by atoms with Gasteiger partial charge in [-0.2, -0.15) is 0 Å². The number of hydrogen-bond donors (Lipinski definition) is 2. The minimum atomic E-state index is 0.299. The van der Waals surface area contributed by atoms with Crippen molar-refractivity contribution in [2.75, 3.05) is 71.0 Å². The quantitative estimate of drug-likeness (QED) is 0.339. The highest BCUT2D eigenvalue weighted by molar-refractivity contribution is 5.79. The molecular weight excluding hydrogens is 380 g/mol. The average Bonchev–Trinajstić information content (AvgIpc) is 3.29. The van der Waals surface area contributed by atoms with Gasteiger partial charge in [0.2, 0.25) is 0 Å². The van der Waals surface area contributed by atoms with E-state index in [9.17, 15) is 0 Å². The first kappa shape index (κ1) is 22.8. The van der Waals surface area contributed by atoms with Crippen molar-refractivity contribution >= 4 is 11.8 Å². The van der Waals surface area contributed by atoms with Crippen LogP contribution in [0.2, 0.25) is 0 Å². The molecule has 2 aliphatic heterocycles. The molecule has 0 spiro atoms. The Morgan fingerprint density at radius 1 is 1.27 bits per heavy atom. The van der Waals surface area contributed by atoms with Crippen LogP contribution in [0, 0.1) is 0 Å². The number of anilines is 1. The van der Waals surface area contributed by atoms with E-state index in [0.717, 1.165) is 89.1 Å². The molecule has 2 N–H and O–H groups in total. The summed E-state index contributed by atoms with van der Waals surface area (Å²) in [6.45, 7) is 10.9. The molecule has 168 valence electrons. The van der Waals surface area contributed by atoms with E-state index in [1.54, 1.807) is 0 Å². The van der Waals surface area contributed by atoms with Crippen molar-refractivity contribution in [1.82, 2.24) is 20.5 Å². The zero-order chi connectivity index (χ0) is 21.0. The van der Waals surface area contributed by atoms with E-state index in [0.29, 0.717) is 19.3 Å². The summed E-state index contributed by atoms with van der Waals surface area (Å²) >= 11 is 0. The molecule has 0 aliphatic carbocycles. The summed E-state index contributed by atoms with van der Waals surface area (Å²) in [7, 11) is 2.17. The lowest BCUT2D eigenvalue weighted by molar-refractivity contribution is 0.0168. The van der Waals surface area contributed by atoms with Crippen molar-refractivity contribution in [1.29, 1.82) is 0 Å². The summed E-state index contributed by atoms with van der Waals surface area (Å²) in [6.07, 6.45) is 5.47. The fourth-order valence-electron chi connectivity index (χ4n) is 3.62. The van der Waals surface area contributed by atoms with Gasteiger partial charge in [-0.1, -0.05) is 6.07 Å². The minimum absolute atomic E-state index is 0.299. The van der Waals surface area contributed by atoms with Gasteiger partial charge in [-0.25, -0.2) is 9.98 Å². The number of rotatable bonds is 10. The van der Waals surface area contributed by atoms with Crippen LogP contribution in [-0.2, 0) is 16.0 Å². The summed E-state index contributed by atoms with van der Waals surface area (Å²) in [5.74, 6) is 1.89. The highest BCUT2D eigenvalue weighted by atomic mass is 16.5. The summed E-state index contributed by atoms with van der Waals surface area (Å²) in [5, 5.41) is 6.68. The fourth-order valence-corrected chi connectivity index (χ4v) is 3.62.